The topological polar surface area (TPSA) is 62.2 Å². The second kappa shape index (κ2) is 2.20. The lowest BCUT2D eigenvalue weighted by molar-refractivity contribution is 1.35. The van der Waals surface area contributed by atoms with Crippen LogP contribution in [0.15, 0.2) is 28.9 Å². The zero-order chi connectivity index (χ0) is 6.69. The molecule has 0 unspecified atom stereocenters. The van der Waals surface area contributed by atoms with Crippen LogP contribution in [0.1, 0.15) is 0 Å². The molecule has 0 aromatic heterocycles. The van der Waals surface area contributed by atoms with E-state index in [9.17, 15) is 0 Å². The standard InChI is InChI=1S/C6H6N3/c7-6(8)5-3-1-2-4-9-5/h1-3H,(H3,7,8)/q+1. The first-order chi connectivity index (χ1) is 4.30. The normalized spacial score (nSPS) is 14.4. The van der Waals surface area contributed by atoms with Crippen molar-refractivity contribution >= 4 is 12.1 Å². The van der Waals surface area contributed by atoms with Crippen LogP contribution in [0.25, 0.3) is 0 Å². The number of rotatable bonds is 1. The van der Waals surface area contributed by atoms with Crippen LogP contribution < -0.4 is 5.73 Å². The van der Waals surface area contributed by atoms with Gasteiger partial charge in [-0.25, -0.2) is 0 Å². The van der Waals surface area contributed by atoms with Crippen molar-refractivity contribution in [2.45, 2.75) is 0 Å². The average Bonchev–Trinajstić information content (AvgIpc) is 1.90. The van der Waals surface area contributed by atoms with Crippen LogP contribution in [0, 0.1) is 5.41 Å². The Balaban J connectivity index is 2.84. The van der Waals surface area contributed by atoms with Crippen molar-refractivity contribution in [3.05, 3.63) is 23.9 Å². The van der Waals surface area contributed by atoms with Crippen molar-refractivity contribution in [3.63, 3.8) is 0 Å². The van der Waals surface area contributed by atoms with Gasteiger partial charge in [0.2, 0.25) is 11.5 Å². The highest BCUT2D eigenvalue weighted by Crippen LogP contribution is 1.98. The summed E-state index contributed by atoms with van der Waals surface area (Å²) in [4.78, 5) is 3.70. The van der Waals surface area contributed by atoms with Crippen molar-refractivity contribution in [2.24, 2.45) is 10.7 Å². The minimum Gasteiger partial charge on any atom is -0.371 e. The first-order valence-electron chi connectivity index (χ1n) is 2.48. The first-order valence-corrected chi connectivity index (χ1v) is 2.48. The van der Waals surface area contributed by atoms with Crippen LogP contribution >= 0.6 is 0 Å². The van der Waals surface area contributed by atoms with Crippen LogP contribution in [-0.4, -0.2) is 12.1 Å². The van der Waals surface area contributed by atoms with E-state index in [2.05, 4.69) is 11.2 Å². The SMILES string of the molecule is N=C(N)C1=CC=C[C+]=N1. The van der Waals surface area contributed by atoms with Gasteiger partial charge in [-0.1, -0.05) is 4.99 Å². The number of nitrogens with one attached hydrogen (secondary N) is 1. The van der Waals surface area contributed by atoms with Gasteiger partial charge in [-0.2, -0.15) is 0 Å². The Kier molecular flexibility index (Phi) is 1.38. The van der Waals surface area contributed by atoms with Gasteiger partial charge in [0.05, 0.1) is 12.2 Å². The maximum absolute atomic E-state index is 6.93. The Bertz CT molecular complexity index is 210. The predicted octanol–water partition coefficient (Wildman–Crippen LogP) is 0.324. The van der Waals surface area contributed by atoms with Gasteiger partial charge < -0.3 is 5.73 Å². The predicted molar refractivity (Wildman–Crippen MR) is 36.6 cm³/mol. The summed E-state index contributed by atoms with van der Waals surface area (Å²) >= 11 is 0. The van der Waals surface area contributed by atoms with Crippen LogP contribution in [0.5, 0.6) is 0 Å². The smallest absolute Gasteiger partial charge is 0.222 e. The van der Waals surface area contributed by atoms with Crippen LogP contribution in [0.4, 0.5) is 0 Å². The van der Waals surface area contributed by atoms with Crippen LogP contribution in [-0.2, 0) is 0 Å². The molecule has 0 saturated heterocycles. The third-order valence-corrected chi connectivity index (χ3v) is 0.886. The zero-order valence-corrected chi connectivity index (χ0v) is 4.76. The lowest BCUT2D eigenvalue weighted by Crippen LogP contribution is -2.11. The average molecular weight is 120 g/mol. The molecule has 0 atom stereocenters. The van der Waals surface area contributed by atoms with Gasteiger partial charge >= 0.3 is 0 Å². The molecule has 1 rings (SSSR count). The molecule has 0 fully saturated rings. The number of hydrogen-bond acceptors (Lipinski definition) is 2. The molecule has 0 saturated carbocycles. The highest BCUT2D eigenvalue weighted by atomic mass is 14.8. The van der Waals surface area contributed by atoms with E-state index in [0.29, 0.717) is 5.70 Å². The molecule has 3 N–H and O–H groups in total. The zero-order valence-electron chi connectivity index (χ0n) is 4.76. The highest BCUT2D eigenvalue weighted by Gasteiger charge is 2.06. The molecule has 0 amide bonds. The molecule has 1 aliphatic rings. The number of nitrogens with zero attached hydrogens (tertiary/aromatic N) is 1. The number of allylic oxidation sites excluding steroid dienone is 3. The van der Waals surface area contributed by atoms with Gasteiger partial charge in [0.15, 0.2) is 6.21 Å². The molecular weight excluding hydrogens is 114 g/mol. The number of hydrogen-bond donors (Lipinski definition) is 2. The quantitative estimate of drug-likeness (QED) is 0.292. The third kappa shape index (κ3) is 1.21. The highest BCUT2D eigenvalue weighted by molar-refractivity contribution is 5.97. The van der Waals surface area contributed by atoms with Crippen LogP contribution in [0.2, 0.25) is 0 Å². The molecule has 9 heavy (non-hydrogen) atoms. The largest absolute Gasteiger partial charge is 0.371 e. The second-order valence-corrected chi connectivity index (χ2v) is 1.57. The summed E-state index contributed by atoms with van der Waals surface area (Å²) < 4.78 is 0. The molecule has 0 aromatic rings. The Labute approximate surface area is 53.1 Å². The minimum absolute atomic E-state index is 0.0214. The van der Waals surface area contributed by atoms with E-state index in [0.717, 1.165) is 0 Å². The summed E-state index contributed by atoms with van der Waals surface area (Å²) in [5, 5.41) is 6.93. The fraction of sp³-hybridized carbons (Fsp3) is 0. The first kappa shape index (κ1) is 5.66. The molecule has 44 valence electrons. The van der Waals surface area contributed by atoms with Gasteiger partial charge in [-0.15, -0.1) is 0 Å². The van der Waals surface area contributed by atoms with E-state index < -0.39 is 0 Å². The summed E-state index contributed by atoms with van der Waals surface area (Å²) in [6.07, 6.45) is 7.64. The monoisotopic (exact) mass is 120 g/mol. The third-order valence-electron chi connectivity index (χ3n) is 0.886. The molecule has 0 bridgehead atoms. The Morgan fingerprint density at radius 1 is 1.78 bits per heavy atom. The molecule has 0 spiro atoms. The van der Waals surface area contributed by atoms with Gasteiger partial charge in [0.1, 0.15) is 6.08 Å². The van der Waals surface area contributed by atoms with Crippen molar-refractivity contribution in [1.29, 1.82) is 5.41 Å². The summed E-state index contributed by atoms with van der Waals surface area (Å²) in [6.45, 7) is 0. The molecule has 1 heterocycles. The molecule has 1 aliphatic heterocycles. The van der Waals surface area contributed by atoms with Crippen molar-refractivity contribution in [1.82, 2.24) is 0 Å². The fourth-order valence-corrected chi connectivity index (χ4v) is 0.476. The minimum atomic E-state index is -0.0214. The van der Waals surface area contributed by atoms with E-state index in [4.69, 9.17) is 11.1 Å². The Morgan fingerprint density at radius 3 is 2.89 bits per heavy atom. The summed E-state index contributed by atoms with van der Waals surface area (Å²) in [6, 6.07) is 0. The maximum atomic E-state index is 6.93. The molecule has 3 heteroatoms. The lowest BCUT2D eigenvalue weighted by atomic mass is 10.3. The van der Waals surface area contributed by atoms with Crippen molar-refractivity contribution < 1.29 is 0 Å². The molecular formula is C6H6N3+. The van der Waals surface area contributed by atoms with Gasteiger partial charge in [-0.05, 0) is 0 Å². The molecule has 3 nitrogen and oxygen atoms in total. The number of amidine groups is 1. The summed E-state index contributed by atoms with van der Waals surface area (Å²) in [5.41, 5.74) is 5.58. The van der Waals surface area contributed by atoms with E-state index in [-0.39, 0.29) is 5.84 Å². The second-order valence-electron chi connectivity index (χ2n) is 1.57. The number of aliphatic imine (C=N–C) groups is 1. The maximum Gasteiger partial charge on any atom is 0.222 e. The van der Waals surface area contributed by atoms with E-state index in [1.807, 2.05) is 0 Å². The summed E-state index contributed by atoms with van der Waals surface area (Å²) in [7, 11) is 0. The van der Waals surface area contributed by atoms with E-state index in [1.165, 1.54) is 0 Å². The van der Waals surface area contributed by atoms with E-state index in [1.54, 1.807) is 18.2 Å². The van der Waals surface area contributed by atoms with E-state index >= 15 is 0 Å². The number of nitrogens with two attached hydrogens (primary N) is 1. The lowest BCUT2D eigenvalue weighted by Gasteiger charge is -1.86. The summed E-state index contributed by atoms with van der Waals surface area (Å²) in [5.74, 6) is -0.0214. The van der Waals surface area contributed by atoms with Crippen molar-refractivity contribution in [2.75, 3.05) is 0 Å². The Morgan fingerprint density at radius 2 is 2.56 bits per heavy atom. The molecule has 0 radical (unpaired) electrons. The fourth-order valence-electron chi connectivity index (χ4n) is 0.476. The van der Waals surface area contributed by atoms with Crippen molar-refractivity contribution in [3.8, 4) is 0 Å². The molecule has 0 aliphatic carbocycles. The van der Waals surface area contributed by atoms with Gasteiger partial charge in [0.25, 0.3) is 0 Å². The van der Waals surface area contributed by atoms with Gasteiger partial charge in [0, 0.05) is 0 Å². The Hall–Kier alpha value is -1.47. The van der Waals surface area contributed by atoms with Crippen LogP contribution in [0.3, 0.4) is 0 Å². The van der Waals surface area contributed by atoms with Gasteiger partial charge in [-0.3, -0.25) is 5.41 Å². The molecule has 0 aromatic carbocycles.